The summed E-state index contributed by atoms with van der Waals surface area (Å²) in [4.78, 5) is 2.65. The summed E-state index contributed by atoms with van der Waals surface area (Å²) in [5.74, 6) is 0. The average Bonchev–Trinajstić information content (AvgIpc) is 3.00. The Kier molecular flexibility index (Phi) is 5.23. The molecule has 5 nitrogen and oxygen atoms in total. The molecule has 0 saturated carbocycles. The first kappa shape index (κ1) is 17.4. The maximum absolute atomic E-state index is 12.8. The standard InChI is InChI=1S/C16H16ClN3O2S2/c17-16-6-5-14(23-16)12-19-7-9-20(10-8-19)24(21,22)15-4-2-1-3-13(15)11-18/h1-6H,7-10,12H2/p+1. The van der Waals surface area contributed by atoms with Gasteiger partial charge in [-0.15, -0.1) is 11.3 Å². The van der Waals surface area contributed by atoms with Crippen LogP contribution in [0.15, 0.2) is 41.3 Å². The van der Waals surface area contributed by atoms with Crippen molar-refractivity contribution < 1.29 is 13.3 Å². The van der Waals surface area contributed by atoms with Crippen molar-refractivity contribution in [2.75, 3.05) is 26.2 Å². The Morgan fingerprint density at radius 1 is 1.21 bits per heavy atom. The van der Waals surface area contributed by atoms with Crippen molar-refractivity contribution in [2.24, 2.45) is 0 Å². The third-order valence-corrected chi connectivity index (χ3v) is 7.30. The smallest absolute Gasteiger partial charge is 0.244 e. The Bertz CT molecular complexity index is 865. The minimum atomic E-state index is -3.62. The number of thiophene rings is 1. The van der Waals surface area contributed by atoms with Crippen LogP contribution in [-0.4, -0.2) is 38.9 Å². The van der Waals surface area contributed by atoms with Crippen molar-refractivity contribution >= 4 is 33.0 Å². The van der Waals surface area contributed by atoms with E-state index in [1.165, 1.54) is 26.2 Å². The normalized spacial score (nSPS) is 16.8. The molecule has 126 valence electrons. The number of sulfonamides is 1. The Morgan fingerprint density at radius 2 is 1.92 bits per heavy atom. The predicted octanol–water partition coefficient (Wildman–Crippen LogP) is 1.36. The van der Waals surface area contributed by atoms with Gasteiger partial charge in [-0.05, 0) is 24.3 Å². The third kappa shape index (κ3) is 3.63. The molecule has 0 bridgehead atoms. The van der Waals surface area contributed by atoms with Gasteiger partial charge >= 0.3 is 0 Å². The van der Waals surface area contributed by atoms with Crippen LogP contribution in [0.2, 0.25) is 4.34 Å². The molecule has 1 aliphatic heterocycles. The minimum Gasteiger partial charge on any atom is -0.328 e. The lowest BCUT2D eigenvalue weighted by Crippen LogP contribution is -3.13. The number of nitrogens with zero attached hydrogens (tertiary/aromatic N) is 2. The maximum atomic E-state index is 12.8. The Balaban J connectivity index is 1.68. The molecule has 1 N–H and O–H groups in total. The Morgan fingerprint density at radius 3 is 2.54 bits per heavy atom. The summed E-state index contributed by atoms with van der Waals surface area (Å²) in [6.45, 7) is 3.25. The van der Waals surface area contributed by atoms with Gasteiger partial charge in [-0.25, -0.2) is 8.42 Å². The summed E-state index contributed by atoms with van der Waals surface area (Å²) < 4.78 is 27.8. The third-order valence-electron chi connectivity index (χ3n) is 4.11. The molecule has 0 radical (unpaired) electrons. The van der Waals surface area contributed by atoms with Gasteiger partial charge in [0.25, 0.3) is 0 Å². The highest BCUT2D eigenvalue weighted by atomic mass is 35.5. The number of hydrogen-bond acceptors (Lipinski definition) is 4. The molecule has 24 heavy (non-hydrogen) atoms. The van der Waals surface area contributed by atoms with Crippen molar-refractivity contribution in [3.8, 4) is 6.07 Å². The first-order valence-electron chi connectivity index (χ1n) is 7.58. The average molecular weight is 383 g/mol. The number of rotatable bonds is 4. The quantitative estimate of drug-likeness (QED) is 0.868. The van der Waals surface area contributed by atoms with Gasteiger partial charge in [0.2, 0.25) is 10.0 Å². The van der Waals surface area contributed by atoms with Crippen molar-refractivity contribution in [1.82, 2.24) is 4.31 Å². The molecule has 0 atom stereocenters. The fourth-order valence-electron chi connectivity index (χ4n) is 2.84. The maximum Gasteiger partial charge on any atom is 0.244 e. The molecular formula is C16H17ClN3O2S2+. The van der Waals surface area contributed by atoms with Crippen LogP contribution in [0.3, 0.4) is 0 Å². The van der Waals surface area contributed by atoms with Gasteiger partial charge in [-0.1, -0.05) is 23.7 Å². The summed E-state index contributed by atoms with van der Waals surface area (Å²) in [5.41, 5.74) is 0.195. The van der Waals surface area contributed by atoms with E-state index >= 15 is 0 Å². The molecule has 8 heteroatoms. The number of piperazine rings is 1. The SMILES string of the molecule is N#Cc1ccccc1S(=O)(=O)N1CC[NH+](Cc2ccc(Cl)s2)CC1. The number of halogens is 1. The molecule has 2 aromatic rings. The van der Waals surface area contributed by atoms with Gasteiger partial charge in [0, 0.05) is 0 Å². The number of hydrogen-bond donors (Lipinski definition) is 1. The van der Waals surface area contributed by atoms with Crippen LogP contribution in [-0.2, 0) is 16.6 Å². The van der Waals surface area contributed by atoms with Crippen LogP contribution in [0.1, 0.15) is 10.4 Å². The molecule has 1 fully saturated rings. The number of nitriles is 1. The highest BCUT2D eigenvalue weighted by Gasteiger charge is 2.31. The molecule has 2 heterocycles. The molecular weight excluding hydrogens is 366 g/mol. The lowest BCUT2D eigenvalue weighted by molar-refractivity contribution is -0.917. The van der Waals surface area contributed by atoms with Gasteiger partial charge < -0.3 is 4.90 Å². The topological polar surface area (TPSA) is 65.6 Å². The second-order valence-corrected chi connectivity index (χ2v) is 9.35. The van der Waals surface area contributed by atoms with E-state index in [0.29, 0.717) is 13.1 Å². The fourth-order valence-corrected chi connectivity index (χ4v) is 5.58. The van der Waals surface area contributed by atoms with E-state index in [4.69, 9.17) is 16.9 Å². The number of quaternary nitrogens is 1. The lowest BCUT2D eigenvalue weighted by atomic mass is 10.2. The number of benzene rings is 1. The van der Waals surface area contributed by atoms with E-state index in [1.807, 2.05) is 18.2 Å². The molecule has 1 saturated heterocycles. The zero-order valence-corrected chi connectivity index (χ0v) is 15.3. The Hall–Kier alpha value is -1.43. The first-order chi connectivity index (χ1) is 11.5. The van der Waals surface area contributed by atoms with Crippen LogP contribution in [0.4, 0.5) is 0 Å². The molecule has 0 unspecified atom stereocenters. The van der Waals surface area contributed by atoms with E-state index in [2.05, 4.69) is 0 Å². The van der Waals surface area contributed by atoms with Crippen LogP contribution in [0.5, 0.6) is 0 Å². The second kappa shape index (κ2) is 7.21. The zero-order valence-electron chi connectivity index (χ0n) is 12.9. The molecule has 1 aromatic heterocycles. The van der Waals surface area contributed by atoms with Gasteiger partial charge in [0.15, 0.2) is 0 Å². The largest absolute Gasteiger partial charge is 0.328 e. The van der Waals surface area contributed by atoms with E-state index in [-0.39, 0.29) is 10.5 Å². The monoisotopic (exact) mass is 382 g/mol. The molecule has 1 aromatic carbocycles. The second-order valence-electron chi connectivity index (χ2n) is 5.64. The van der Waals surface area contributed by atoms with Crippen molar-refractivity contribution in [3.63, 3.8) is 0 Å². The summed E-state index contributed by atoms with van der Waals surface area (Å²) >= 11 is 7.52. The predicted molar refractivity (Wildman–Crippen MR) is 93.6 cm³/mol. The van der Waals surface area contributed by atoms with Crippen molar-refractivity contribution in [1.29, 1.82) is 5.26 Å². The highest BCUT2D eigenvalue weighted by molar-refractivity contribution is 7.89. The van der Waals surface area contributed by atoms with Crippen LogP contribution >= 0.6 is 22.9 Å². The molecule has 0 spiro atoms. The van der Waals surface area contributed by atoms with E-state index < -0.39 is 10.0 Å². The van der Waals surface area contributed by atoms with Gasteiger partial charge in [-0.3, -0.25) is 0 Å². The molecule has 0 aliphatic carbocycles. The lowest BCUT2D eigenvalue weighted by Gasteiger charge is -2.31. The van der Waals surface area contributed by atoms with E-state index in [9.17, 15) is 8.42 Å². The van der Waals surface area contributed by atoms with Crippen molar-refractivity contribution in [2.45, 2.75) is 11.4 Å². The zero-order chi connectivity index (χ0) is 17.2. The first-order valence-corrected chi connectivity index (χ1v) is 10.2. The summed E-state index contributed by atoms with van der Waals surface area (Å²) in [6.07, 6.45) is 0. The van der Waals surface area contributed by atoms with E-state index in [1.54, 1.807) is 23.5 Å². The summed E-state index contributed by atoms with van der Waals surface area (Å²) in [6, 6.07) is 12.2. The van der Waals surface area contributed by atoms with Crippen molar-refractivity contribution in [3.05, 3.63) is 51.2 Å². The Labute approximate surface area is 150 Å². The molecule has 0 amide bonds. The molecule has 3 rings (SSSR count). The highest BCUT2D eigenvalue weighted by Crippen LogP contribution is 2.21. The van der Waals surface area contributed by atoms with E-state index in [0.717, 1.165) is 24.0 Å². The number of nitrogens with one attached hydrogen (secondary N) is 1. The summed E-state index contributed by atoms with van der Waals surface area (Å²) in [7, 11) is -3.62. The van der Waals surface area contributed by atoms with Crippen LogP contribution in [0.25, 0.3) is 0 Å². The van der Waals surface area contributed by atoms with Gasteiger partial charge in [0.05, 0.1) is 45.9 Å². The van der Waals surface area contributed by atoms with Crippen LogP contribution < -0.4 is 4.90 Å². The van der Waals surface area contributed by atoms with Gasteiger partial charge in [-0.2, -0.15) is 9.57 Å². The molecule has 1 aliphatic rings. The summed E-state index contributed by atoms with van der Waals surface area (Å²) in [5, 5.41) is 9.14. The van der Waals surface area contributed by atoms with Crippen LogP contribution in [0, 0.1) is 11.3 Å². The van der Waals surface area contributed by atoms with Gasteiger partial charge in [0.1, 0.15) is 12.6 Å². The minimum absolute atomic E-state index is 0.0981. The fraction of sp³-hybridized carbons (Fsp3) is 0.312.